The monoisotopic (exact) mass is 372 g/mol. The Labute approximate surface area is 154 Å². The number of nitrogens with zero attached hydrogens (tertiary/aromatic N) is 2. The number of fused-ring (bicyclic) bond motifs is 1. The Hall–Kier alpha value is -2.96. The van der Waals surface area contributed by atoms with E-state index in [1.807, 2.05) is 24.3 Å². The maximum absolute atomic E-state index is 13.6. The number of hydrogen-bond acceptors (Lipinski definition) is 4. The Kier molecular flexibility index (Phi) is 4.75. The number of benzene rings is 2. The largest absolute Gasteiger partial charge is 0.481 e. The molecule has 7 heteroatoms. The van der Waals surface area contributed by atoms with E-state index in [2.05, 4.69) is 4.98 Å². The highest BCUT2D eigenvalue weighted by molar-refractivity contribution is 5.78. The highest BCUT2D eigenvalue weighted by atomic mass is 19.1. The Bertz CT molecular complexity index is 932. The summed E-state index contributed by atoms with van der Waals surface area (Å²) in [4.78, 5) is 18.5. The number of carbonyl (C=O) groups excluding carboxylic acids is 1. The summed E-state index contributed by atoms with van der Waals surface area (Å²) in [5, 5.41) is 0. The average Bonchev–Trinajstić information content (AvgIpc) is 3.11. The third-order valence-electron chi connectivity index (χ3n) is 4.75. The van der Waals surface area contributed by atoms with Crippen LogP contribution in [-0.4, -0.2) is 35.5 Å². The maximum Gasteiger partial charge on any atom is 0.260 e. The van der Waals surface area contributed by atoms with Crippen molar-refractivity contribution >= 4 is 17.0 Å². The quantitative estimate of drug-likeness (QED) is 0.697. The van der Waals surface area contributed by atoms with Crippen LogP contribution in [0.25, 0.3) is 11.1 Å². The van der Waals surface area contributed by atoms with Gasteiger partial charge in [-0.1, -0.05) is 12.1 Å². The predicted molar refractivity (Wildman–Crippen MR) is 94.4 cm³/mol. The summed E-state index contributed by atoms with van der Waals surface area (Å²) >= 11 is 0. The summed E-state index contributed by atoms with van der Waals surface area (Å²) in [7, 11) is 0. The second-order valence-corrected chi connectivity index (χ2v) is 6.54. The van der Waals surface area contributed by atoms with Crippen LogP contribution in [0.1, 0.15) is 24.7 Å². The number of ether oxygens (including phenoxy) is 1. The van der Waals surface area contributed by atoms with Gasteiger partial charge in [0.05, 0.1) is 0 Å². The zero-order valence-corrected chi connectivity index (χ0v) is 14.5. The summed E-state index contributed by atoms with van der Waals surface area (Å²) in [6.07, 6.45) is 1.48. The lowest BCUT2D eigenvalue weighted by Crippen LogP contribution is -2.40. The first-order chi connectivity index (χ1) is 13.1. The zero-order chi connectivity index (χ0) is 18.8. The van der Waals surface area contributed by atoms with Gasteiger partial charge in [0.1, 0.15) is 11.3 Å². The van der Waals surface area contributed by atoms with Crippen LogP contribution >= 0.6 is 0 Å². The lowest BCUT2D eigenvalue weighted by Gasteiger charge is -2.30. The number of halogens is 2. The van der Waals surface area contributed by atoms with Crippen molar-refractivity contribution in [3.63, 3.8) is 0 Å². The molecule has 2 aromatic carbocycles. The van der Waals surface area contributed by atoms with Crippen molar-refractivity contribution in [1.29, 1.82) is 0 Å². The van der Waals surface area contributed by atoms with Crippen molar-refractivity contribution in [1.82, 2.24) is 9.88 Å². The fourth-order valence-corrected chi connectivity index (χ4v) is 3.26. The van der Waals surface area contributed by atoms with E-state index in [1.165, 1.54) is 6.07 Å². The molecule has 0 spiro atoms. The van der Waals surface area contributed by atoms with E-state index in [4.69, 9.17) is 9.15 Å². The number of piperidine rings is 1. The summed E-state index contributed by atoms with van der Waals surface area (Å²) in [6, 6.07) is 10.6. The average molecular weight is 372 g/mol. The molecule has 1 amide bonds. The molecule has 0 saturated carbocycles. The van der Waals surface area contributed by atoms with E-state index in [0.29, 0.717) is 19.0 Å². The second-order valence-electron chi connectivity index (χ2n) is 6.54. The number of amides is 1. The number of hydrogen-bond donors (Lipinski definition) is 0. The molecule has 0 atom stereocenters. The van der Waals surface area contributed by atoms with Gasteiger partial charge in [0.2, 0.25) is 0 Å². The minimum Gasteiger partial charge on any atom is -0.481 e. The van der Waals surface area contributed by atoms with Gasteiger partial charge in [0, 0.05) is 25.1 Å². The first-order valence-corrected chi connectivity index (χ1v) is 8.81. The molecule has 5 nitrogen and oxygen atoms in total. The Balaban J connectivity index is 1.32. The molecule has 1 fully saturated rings. The molecule has 1 saturated heterocycles. The summed E-state index contributed by atoms with van der Waals surface area (Å²) in [5.41, 5.74) is 1.60. The third kappa shape index (κ3) is 3.77. The van der Waals surface area contributed by atoms with Gasteiger partial charge in [-0.15, -0.1) is 0 Å². The number of carbonyl (C=O) groups is 1. The highest BCUT2D eigenvalue weighted by Gasteiger charge is 2.27. The van der Waals surface area contributed by atoms with Gasteiger partial charge in [0.25, 0.3) is 5.91 Å². The van der Waals surface area contributed by atoms with E-state index >= 15 is 0 Å². The highest BCUT2D eigenvalue weighted by Crippen LogP contribution is 2.30. The number of likely N-dealkylation sites (tertiary alicyclic amines) is 1. The van der Waals surface area contributed by atoms with Gasteiger partial charge in [-0.05, 0) is 37.1 Å². The molecule has 0 N–H and O–H groups in total. The Morgan fingerprint density at radius 2 is 1.96 bits per heavy atom. The minimum absolute atomic E-state index is 0.133. The van der Waals surface area contributed by atoms with E-state index in [9.17, 15) is 13.6 Å². The molecule has 0 bridgehead atoms. The molecule has 0 unspecified atom stereocenters. The van der Waals surface area contributed by atoms with Crippen molar-refractivity contribution in [3.05, 3.63) is 60.0 Å². The molecule has 140 valence electrons. The third-order valence-corrected chi connectivity index (χ3v) is 4.75. The SMILES string of the molecule is O=C(COc1ccc(F)cc1F)N1CCC(c2nc3ccccc3o2)CC1. The fraction of sp³-hybridized carbons (Fsp3) is 0.300. The molecule has 1 aliphatic rings. The second kappa shape index (κ2) is 7.34. The van der Waals surface area contributed by atoms with Gasteiger partial charge in [-0.2, -0.15) is 0 Å². The number of para-hydroxylation sites is 2. The number of oxazole rings is 1. The molecule has 3 aromatic rings. The van der Waals surface area contributed by atoms with Crippen LogP contribution in [0.15, 0.2) is 46.9 Å². The topological polar surface area (TPSA) is 55.6 Å². The van der Waals surface area contributed by atoms with Crippen molar-refractivity contribution in [2.45, 2.75) is 18.8 Å². The predicted octanol–water partition coefficient (Wildman–Crippen LogP) is 3.89. The molecule has 1 aromatic heterocycles. The van der Waals surface area contributed by atoms with Gasteiger partial charge >= 0.3 is 0 Å². The van der Waals surface area contributed by atoms with Gasteiger partial charge in [0.15, 0.2) is 29.6 Å². The Morgan fingerprint density at radius 1 is 1.19 bits per heavy atom. The van der Waals surface area contributed by atoms with E-state index < -0.39 is 11.6 Å². The lowest BCUT2D eigenvalue weighted by atomic mass is 9.97. The molecule has 1 aliphatic heterocycles. The maximum atomic E-state index is 13.6. The van der Waals surface area contributed by atoms with Crippen LogP contribution < -0.4 is 4.74 Å². The zero-order valence-electron chi connectivity index (χ0n) is 14.5. The lowest BCUT2D eigenvalue weighted by molar-refractivity contribution is -0.134. The molecule has 0 aliphatic carbocycles. The molecule has 27 heavy (non-hydrogen) atoms. The van der Waals surface area contributed by atoms with Crippen LogP contribution in [0, 0.1) is 11.6 Å². The van der Waals surface area contributed by atoms with Gasteiger partial charge in [-0.25, -0.2) is 13.8 Å². The first kappa shape index (κ1) is 17.5. The molecule has 4 rings (SSSR count). The molecule has 0 radical (unpaired) electrons. The molecule has 2 heterocycles. The molecular formula is C20H18F2N2O3. The van der Waals surface area contributed by atoms with Crippen molar-refractivity contribution in [2.75, 3.05) is 19.7 Å². The smallest absolute Gasteiger partial charge is 0.260 e. The van der Waals surface area contributed by atoms with Crippen LogP contribution in [0.2, 0.25) is 0 Å². The summed E-state index contributed by atoms with van der Waals surface area (Å²) in [5.74, 6) is -1.00. The van der Waals surface area contributed by atoms with Crippen molar-refractivity contribution in [2.24, 2.45) is 0 Å². The van der Waals surface area contributed by atoms with Crippen LogP contribution in [0.4, 0.5) is 8.78 Å². The van der Waals surface area contributed by atoms with E-state index in [0.717, 1.165) is 36.1 Å². The van der Waals surface area contributed by atoms with E-state index in [-0.39, 0.29) is 24.2 Å². The first-order valence-electron chi connectivity index (χ1n) is 8.81. The van der Waals surface area contributed by atoms with Gasteiger partial charge in [-0.3, -0.25) is 4.79 Å². The number of rotatable bonds is 4. The summed E-state index contributed by atoms with van der Waals surface area (Å²) < 4.78 is 37.5. The van der Waals surface area contributed by atoms with Crippen LogP contribution in [-0.2, 0) is 4.79 Å². The minimum atomic E-state index is -0.822. The Morgan fingerprint density at radius 3 is 2.70 bits per heavy atom. The van der Waals surface area contributed by atoms with Gasteiger partial charge < -0.3 is 14.1 Å². The number of aromatic nitrogens is 1. The van der Waals surface area contributed by atoms with Crippen molar-refractivity contribution in [3.8, 4) is 5.75 Å². The van der Waals surface area contributed by atoms with E-state index in [1.54, 1.807) is 4.90 Å². The standard InChI is InChI=1S/C20H18F2N2O3/c21-14-5-6-17(15(22)11-14)26-12-19(25)24-9-7-13(8-10-24)20-23-16-3-1-2-4-18(16)27-20/h1-6,11,13H,7-10,12H2. The van der Waals surface area contributed by atoms with Crippen LogP contribution in [0.3, 0.4) is 0 Å². The fourth-order valence-electron chi connectivity index (χ4n) is 3.26. The van der Waals surface area contributed by atoms with Crippen LogP contribution in [0.5, 0.6) is 5.75 Å². The normalized spacial score (nSPS) is 15.3. The van der Waals surface area contributed by atoms with Crippen molar-refractivity contribution < 1.29 is 22.7 Å². The summed E-state index contributed by atoms with van der Waals surface area (Å²) in [6.45, 7) is 0.824. The molecular weight excluding hydrogens is 354 g/mol.